The van der Waals surface area contributed by atoms with Gasteiger partial charge in [0.15, 0.2) is 11.3 Å². The highest BCUT2D eigenvalue weighted by Crippen LogP contribution is 2.27. The van der Waals surface area contributed by atoms with Crippen molar-refractivity contribution in [3.63, 3.8) is 0 Å². The summed E-state index contributed by atoms with van der Waals surface area (Å²) in [5.41, 5.74) is 1.14. The summed E-state index contributed by atoms with van der Waals surface area (Å²) in [6.07, 6.45) is 10.6. The van der Waals surface area contributed by atoms with Crippen LogP contribution in [-0.2, 0) is 6.54 Å². The summed E-state index contributed by atoms with van der Waals surface area (Å²) in [6.45, 7) is 3.45. The van der Waals surface area contributed by atoms with Crippen LogP contribution in [0.15, 0.2) is 36.9 Å². The highest BCUT2D eigenvalue weighted by atomic mass is 16.2. The highest BCUT2D eigenvalue weighted by molar-refractivity contribution is 5.93. The molecular formula is C20H27N7O. The molecule has 8 nitrogen and oxygen atoms in total. The van der Waals surface area contributed by atoms with Crippen molar-refractivity contribution in [2.24, 2.45) is 0 Å². The minimum atomic E-state index is -0.0269. The number of imidazole rings is 1. The van der Waals surface area contributed by atoms with Crippen molar-refractivity contribution < 1.29 is 4.79 Å². The van der Waals surface area contributed by atoms with Crippen LogP contribution in [0, 0.1) is 0 Å². The van der Waals surface area contributed by atoms with Crippen molar-refractivity contribution in [2.45, 2.75) is 31.7 Å². The zero-order valence-corrected chi connectivity index (χ0v) is 16.5. The lowest BCUT2D eigenvalue weighted by molar-refractivity contribution is 0.0697. The van der Waals surface area contributed by atoms with E-state index in [1.807, 2.05) is 17.3 Å². The fraction of sp³-hybridized carbons (Fsp3) is 0.500. The molecule has 0 saturated carbocycles. The first-order valence-electron chi connectivity index (χ1n) is 9.87. The van der Waals surface area contributed by atoms with Gasteiger partial charge in [0, 0.05) is 56.4 Å². The van der Waals surface area contributed by atoms with E-state index in [0.717, 1.165) is 44.7 Å². The third-order valence-corrected chi connectivity index (χ3v) is 5.28. The number of aromatic nitrogens is 5. The third kappa shape index (κ3) is 3.91. The third-order valence-electron chi connectivity index (χ3n) is 5.28. The number of amides is 1. The normalized spacial score (nSPS) is 17.5. The standard InChI is InChI=1S/C20H27N7O/c1-24(2)9-5-11-25-13-8-22-19(25)16-6-3-10-26(15-16)20(28)17-14-18-21-7-4-12-27(18)23-17/h4,7-8,12-14,16H,3,5-6,9-11,15H2,1-2H3/t16-/m0/s1. The summed E-state index contributed by atoms with van der Waals surface area (Å²) in [6, 6.07) is 3.56. The number of hydrogen-bond acceptors (Lipinski definition) is 5. The molecule has 0 unspecified atom stereocenters. The number of carbonyl (C=O) groups excluding carboxylic acids is 1. The van der Waals surface area contributed by atoms with E-state index < -0.39 is 0 Å². The van der Waals surface area contributed by atoms with E-state index in [2.05, 4.69) is 44.8 Å². The first-order valence-corrected chi connectivity index (χ1v) is 9.87. The van der Waals surface area contributed by atoms with Crippen LogP contribution >= 0.6 is 0 Å². The number of likely N-dealkylation sites (tertiary alicyclic amines) is 1. The number of nitrogens with zero attached hydrogens (tertiary/aromatic N) is 7. The Morgan fingerprint density at radius 3 is 2.96 bits per heavy atom. The van der Waals surface area contributed by atoms with Gasteiger partial charge in [-0.05, 0) is 46.0 Å². The van der Waals surface area contributed by atoms with Gasteiger partial charge in [-0.3, -0.25) is 4.79 Å². The number of fused-ring (bicyclic) bond motifs is 1. The predicted octanol–water partition coefficient (Wildman–Crippen LogP) is 1.90. The number of piperidine rings is 1. The van der Waals surface area contributed by atoms with E-state index in [0.29, 0.717) is 17.9 Å². The molecule has 0 N–H and O–H groups in total. The highest BCUT2D eigenvalue weighted by Gasteiger charge is 2.29. The van der Waals surface area contributed by atoms with Gasteiger partial charge in [-0.1, -0.05) is 0 Å². The van der Waals surface area contributed by atoms with E-state index >= 15 is 0 Å². The van der Waals surface area contributed by atoms with Gasteiger partial charge in [0.05, 0.1) is 0 Å². The summed E-state index contributed by atoms with van der Waals surface area (Å²) in [4.78, 5) is 26.0. The van der Waals surface area contributed by atoms with Crippen molar-refractivity contribution in [3.05, 3.63) is 48.4 Å². The molecule has 4 heterocycles. The monoisotopic (exact) mass is 381 g/mol. The second-order valence-corrected chi connectivity index (χ2v) is 7.68. The van der Waals surface area contributed by atoms with Crippen LogP contribution in [0.25, 0.3) is 5.65 Å². The van der Waals surface area contributed by atoms with Crippen LogP contribution in [0.4, 0.5) is 0 Å². The largest absolute Gasteiger partial charge is 0.337 e. The van der Waals surface area contributed by atoms with E-state index in [9.17, 15) is 4.79 Å². The Morgan fingerprint density at radius 1 is 1.25 bits per heavy atom. The predicted molar refractivity (Wildman–Crippen MR) is 106 cm³/mol. The van der Waals surface area contributed by atoms with Gasteiger partial charge >= 0.3 is 0 Å². The molecule has 3 aromatic rings. The number of rotatable bonds is 6. The van der Waals surface area contributed by atoms with Gasteiger partial charge in [-0.2, -0.15) is 5.10 Å². The van der Waals surface area contributed by atoms with Crippen LogP contribution in [0.3, 0.4) is 0 Å². The Bertz CT molecular complexity index is 912. The van der Waals surface area contributed by atoms with Gasteiger partial charge in [0.25, 0.3) is 5.91 Å². The van der Waals surface area contributed by atoms with Gasteiger partial charge in [0.2, 0.25) is 0 Å². The smallest absolute Gasteiger partial charge is 0.274 e. The van der Waals surface area contributed by atoms with Crippen molar-refractivity contribution in [1.82, 2.24) is 33.9 Å². The lowest BCUT2D eigenvalue weighted by Crippen LogP contribution is -2.40. The maximum Gasteiger partial charge on any atom is 0.274 e. The molecule has 8 heteroatoms. The summed E-state index contributed by atoms with van der Waals surface area (Å²) in [5.74, 6) is 1.33. The molecular weight excluding hydrogens is 354 g/mol. The van der Waals surface area contributed by atoms with Gasteiger partial charge in [0.1, 0.15) is 5.82 Å². The Balaban J connectivity index is 1.46. The number of carbonyl (C=O) groups is 1. The van der Waals surface area contributed by atoms with Crippen LogP contribution in [0.1, 0.15) is 41.5 Å². The van der Waals surface area contributed by atoms with Gasteiger partial charge < -0.3 is 14.4 Å². The maximum atomic E-state index is 13.0. The van der Waals surface area contributed by atoms with Gasteiger partial charge in [-0.15, -0.1) is 0 Å². The molecule has 1 fully saturated rings. The zero-order chi connectivity index (χ0) is 19.5. The molecule has 28 heavy (non-hydrogen) atoms. The minimum absolute atomic E-state index is 0.0269. The first kappa shape index (κ1) is 18.6. The Kier molecular flexibility index (Phi) is 5.38. The van der Waals surface area contributed by atoms with Crippen LogP contribution < -0.4 is 0 Å². The fourth-order valence-electron chi connectivity index (χ4n) is 3.90. The van der Waals surface area contributed by atoms with Crippen LogP contribution in [-0.4, -0.2) is 73.6 Å². The SMILES string of the molecule is CN(C)CCCn1ccnc1[C@H]1CCCN(C(=O)c2cc3ncccn3n2)C1. The van der Waals surface area contributed by atoms with Crippen molar-refractivity contribution >= 4 is 11.6 Å². The molecule has 0 aliphatic carbocycles. The Morgan fingerprint density at radius 2 is 2.14 bits per heavy atom. The fourth-order valence-corrected chi connectivity index (χ4v) is 3.90. The molecule has 0 aromatic carbocycles. The van der Waals surface area contributed by atoms with E-state index in [1.54, 1.807) is 22.8 Å². The summed E-state index contributed by atoms with van der Waals surface area (Å²) in [7, 11) is 4.18. The lowest BCUT2D eigenvalue weighted by Gasteiger charge is -2.32. The maximum absolute atomic E-state index is 13.0. The molecule has 0 radical (unpaired) electrons. The van der Waals surface area contributed by atoms with Crippen LogP contribution in [0.2, 0.25) is 0 Å². The molecule has 1 saturated heterocycles. The number of aryl methyl sites for hydroxylation is 1. The van der Waals surface area contributed by atoms with Crippen LogP contribution in [0.5, 0.6) is 0 Å². The van der Waals surface area contributed by atoms with Crippen molar-refractivity contribution in [1.29, 1.82) is 0 Å². The first-order chi connectivity index (χ1) is 13.6. The lowest BCUT2D eigenvalue weighted by atomic mass is 9.96. The zero-order valence-electron chi connectivity index (χ0n) is 16.5. The van der Waals surface area contributed by atoms with E-state index in [-0.39, 0.29) is 11.8 Å². The molecule has 148 valence electrons. The quantitative estimate of drug-likeness (QED) is 0.652. The molecule has 1 aliphatic rings. The molecule has 1 amide bonds. The van der Waals surface area contributed by atoms with Gasteiger partial charge in [-0.25, -0.2) is 14.5 Å². The minimum Gasteiger partial charge on any atom is -0.337 e. The average molecular weight is 381 g/mol. The second-order valence-electron chi connectivity index (χ2n) is 7.68. The summed E-state index contributed by atoms with van der Waals surface area (Å²) >= 11 is 0. The molecule has 0 bridgehead atoms. The molecule has 1 atom stereocenters. The number of hydrogen-bond donors (Lipinski definition) is 0. The summed E-state index contributed by atoms with van der Waals surface area (Å²) in [5, 5.41) is 4.39. The van der Waals surface area contributed by atoms with E-state index in [1.165, 1.54) is 0 Å². The Labute approximate surface area is 164 Å². The average Bonchev–Trinajstić information content (AvgIpc) is 3.34. The van der Waals surface area contributed by atoms with Crippen molar-refractivity contribution in [2.75, 3.05) is 33.7 Å². The van der Waals surface area contributed by atoms with E-state index in [4.69, 9.17) is 0 Å². The molecule has 3 aromatic heterocycles. The topological polar surface area (TPSA) is 71.6 Å². The second kappa shape index (κ2) is 8.10. The Hall–Kier alpha value is -2.74. The molecule has 4 rings (SSSR count). The summed E-state index contributed by atoms with van der Waals surface area (Å²) < 4.78 is 3.89. The van der Waals surface area contributed by atoms with Crippen molar-refractivity contribution in [3.8, 4) is 0 Å². The molecule has 1 aliphatic heterocycles. The molecule has 0 spiro atoms.